The first-order chi connectivity index (χ1) is 20.7. The zero-order valence-corrected chi connectivity index (χ0v) is 19.4. The van der Waals surface area contributed by atoms with Crippen molar-refractivity contribution in [3.63, 3.8) is 0 Å². The van der Waals surface area contributed by atoms with Gasteiger partial charge in [-0.25, -0.2) is 19.9 Å². The highest BCUT2D eigenvalue weighted by molar-refractivity contribution is 9.10. The molecule has 0 unspecified atom stereocenters. The third kappa shape index (κ3) is 7.08. The summed E-state index contributed by atoms with van der Waals surface area (Å²) in [4.78, 5) is 14.3. The van der Waals surface area contributed by atoms with Gasteiger partial charge < -0.3 is 9.47 Å². The van der Waals surface area contributed by atoms with Crippen LogP contribution in [0.25, 0.3) is 11.1 Å². The van der Waals surface area contributed by atoms with Crippen molar-refractivity contribution < 1.29 is 37.1 Å². The minimum absolute atomic E-state index is 0.0250. The molecule has 0 aliphatic carbocycles. The van der Waals surface area contributed by atoms with Crippen molar-refractivity contribution in [3.05, 3.63) is 51.9 Å². The summed E-state index contributed by atoms with van der Waals surface area (Å²) in [5, 5.41) is 0. The lowest BCUT2D eigenvalue weighted by Gasteiger charge is -2.15. The van der Waals surface area contributed by atoms with Gasteiger partial charge in [0.05, 0.1) is 18.3 Å². The second-order valence-electron chi connectivity index (χ2n) is 5.27. The van der Waals surface area contributed by atoms with E-state index in [0.29, 0.717) is 4.47 Å². The van der Waals surface area contributed by atoms with Crippen LogP contribution in [0.2, 0.25) is 0 Å². The van der Waals surface area contributed by atoms with Crippen molar-refractivity contribution >= 4 is 47.9 Å². The van der Waals surface area contributed by atoms with Crippen LogP contribution in [0.15, 0.2) is 51.9 Å². The Balaban J connectivity index is 2.11. The summed E-state index contributed by atoms with van der Waals surface area (Å²) in [6.45, 7) is -14.4. The van der Waals surface area contributed by atoms with Crippen molar-refractivity contribution in [3.8, 4) is 23.0 Å². The third-order valence-corrected chi connectivity index (χ3v) is 4.92. The highest BCUT2D eigenvalue weighted by atomic mass is 79.9. The number of hydrogen-bond donors (Lipinski definition) is 2. The van der Waals surface area contributed by atoms with E-state index in [-0.39, 0.29) is 10.0 Å². The molecule has 2 N–H and O–H groups in total. The molecule has 0 saturated carbocycles. The Hall–Kier alpha value is -2.35. The summed E-state index contributed by atoms with van der Waals surface area (Å²) < 4.78 is 148. The summed E-state index contributed by atoms with van der Waals surface area (Å²) in [6, 6.07) is 4.59. The standard InChI is InChI=1S/C19H20Br2N6O4S/c1-2-7-26-32(28,29)27-17-16(13-3-5-14(20)6-4-13)18(25-12-24-17)30-8-9-31-19-22-10-15(21)11-23-19/h3-6,10-12,26H,2,7-9H2,1H3,(H,24,25,27)/i1D3,2D2,7D2,8D2,9D2,10D,11D,12D. The average Bonchev–Trinajstić information content (AvgIpc) is 2.85. The van der Waals surface area contributed by atoms with Gasteiger partial charge in [-0.1, -0.05) is 34.9 Å². The van der Waals surface area contributed by atoms with Crippen LogP contribution in [0, 0.1) is 0 Å². The number of rotatable bonds is 11. The molecule has 0 saturated heterocycles. The van der Waals surface area contributed by atoms with E-state index in [1.807, 2.05) is 0 Å². The number of nitrogens with one attached hydrogen (secondary N) is 2. The molecule has 13 heteroatoms. The van der Waals surface area contributed by atoms with Crippen molar-refractivity contribution in [1.29, 1.82) is 0 Å². The van der Waals surface area contributed by atoms with Gasteiger partial charge in [-0.2, -0.15) is 13.1 Å². The number of nitrogens with zero attached hydrogens (tertiary/aromatic N) is 4. The molecule has 10 nitrogen and oxygen atoms in total. The van der Waals surface area contributed by atoms with Crippen LogP contribution in [0.4, 0.5) is 5.82 Å². The molecule has 0 aliphatic heterocycles. The predicted molar refractivity (Wildman–Crippen MR) is 127 cm³/mol. The van der Waals surface area contributed by atoms with Gasteiger partial charge in [0.25, 0.3) is 10.2 Å². The molecule has 170 valence electrons. The lowest BCUT2D eigenvalue weighted by molar-refractivity contribution is 0.202. The summed E-state index contributed by atoms with van der Waals surface area (Å²) in [5.74, 6) is -1.82. The van der Waals surface area contributed by atoms with Gasteiger partial charge in [-0.05, 0) is 40.0 Å². The van der Waals surface area contributed by atoms with Gasteiger partial charge in [-0.3, -0.25) is 4.72 Å². The second kappa shape index (κ2) is 11.5. The normalized spacial score (nSPS) is 19.8. The SMILES string of the molecule is [2H]c1nc(NS(=O)(=O)NC([2H])([2H])C([2H])([2H])C([2H])([2H])[2H])c(-c2ccc(Br)cc2)c(OC([2H])([2H])C([2H])([2H])Oc2nc([2H])c(Br)c([2H])n2)n1. The van der Waals surface area contributed by atoms with E-state index in [1.54, 1.807) is 4.72 Å². The number of aromatic nitrogens is 4. The molecule has 3 rings (SSSR count). The van der Waals surface area contributed by atoms with Crippen LogP contribution in [0.1, 0.15) is 32.4 Å². The maximum absolute atomic E-state index is 13.0. The number of halogens is 2. The second-order valence-corrected chi connectivity index (χ2v) is 8.39. The molecule has 0 bridgehead atoms. The molecule has 0 atom stereocenters. The van der Waals surface area contributed by atoms with Gasteiger partial charge in [0.15, 0.2) is 5.82 Å². The Morgan fingerprint density at radius 2 is 1.78 bits per heavy atom. The minimum atomic E-state index is -5.28. The number of hydrogen-bond acceptors (Lipinski definition) is 8. The first kappa shape index (κ1) is 11.7. The lowest BCUT2D eigenvalue weighted by atomic mass is 10.1. The topological polar surface area (TPSA) is 128 Å². The van der Waals surface area contributed by atoms with Crippen LogP contribution >= 0.6 is 31.9 Å². The average molecular weight is 602 g/mol. The number of benzene rings is 1. The Kier molecular flexibility index (Phi) is 4.20. The number of ether oxygens (including phenoxy) is 2. The molecule has 2 heterocycles. The Labute approximate surface area is 222 Å². The van der Waals surface area contributed by atoms with Crippen LogP contribution in [-0.4, -0.2) is 48.0 Å². The van der Waals surface area contributed by atoms with Crippen LogP contribution < -0.4 is 18.9 Å². The van der Waals surface area contributed by atoms with Crippen LogP contribution in [0.5, 0.6) is 11.9 Å². The Morgan fingerprint density at radius 3 is 2.50 bits per heavy atom. The van der Waals surface area contributed by atoms with Gasteiger partial charge in [0, 0.05) is 32.9 Å². The third-order valence-electron chi connectivity index (χ3n) is 3.21. The van der Waals surface area contributed by atoms with Crippen molar-refractivity contribution in [2.75, 3.05) is 24.3 Å². The quantitative estimate of drug-likeness (QED) is 0.341. The maximum atomic E-state index is 13.0. The Bertz CT molecular complexity index is 1710. The van der Waals surface area contributed by atoms with E-state index in [9.17, 15) is 8.42 Å². The predicted octanol–water partition coefficient (Wildman–Crippen LogP) is 3.57. The highest BCUT2D eigenvalue weighted by Gasteiger charge is 2.19. The van der Waals surface area contributed by atoms with Gasteiger partial charge >= 0.3 is 6.01 Å². The van der Waals surface area contributed by atoms with Gasteiger partial charge in [0.2, 0.25) is 5.88 Å². The van der Waals surface area contributed by atoms with E-state index >= 15 is 0 Å². The molecular weight excluding hydrogens is 568 g/mol. The largest absolute Gasteiger partial charge is 0.473 e. The first-order valence-electron chi connectivity index (χ1n) is 15.0. The van der Waals surface area contributed by atoms with Gasteiger partial charge in [-0.15, -0.1) is 0 Å². The summed E-state index contributed by atoms with van der Waals surface area (Å²) in [7, 11) is -5.28. The minimum Gasteiger partial charge on any atom is -0.473 e. The maximum Gasteiger partial charge on any atom is 0.316 e. The fraction of sp³-hybridized carbons (Fsp3) is 0.263. The lowest BCUT2D eigenvalue weighted by Crippen LogP contribution is -2.31. The molecule has 0 fully saturated rings. The summed E-state index contributed by atoms with van der Waals surface area (Å²) in [6.07, 6.45) is -5.94. The zero-order chi connectivity index (χ0) is 35.3. The van der Waals surface area contributed by atoms with Crippen LogP contribution in [0.3, 0.4) is 0 Å². The molecule has 0 amide bonds. The molecular formula is C19H20Br2N6O4S. The number of anilines is 1. The van der Waals surface area contributed by atoms with E-state index in [4.69, 9.17) is 28.7 Å². The summed E-state index contributed by atoms with van der Waals surface area (Å²) >= 11 is 6.08. The molecule has 0 aliphatic rings. The van der Waals surface area contributed by atoms with Crippen molar-refractivity contribution in [2.24, 2.45) is 0 Å². The zero-order valence-electron chi connectivity index (χ0n) is 29.4. The molecule has 0 spiro atoms. The van der Waals surface area contributed by atoms with E-state index in [2.05, 4.69) is 51.8 Å². The molecule has 3 aromatic rings. The van der Waals surface area contributed by atoms with Crippen molar-refractivity contribution in [2.45, 2.75) is 13.2 Å². The van der Waals surface area contributed by atoms with Crippen LogP contribution in [-0.2, 0) is 10.2 Å². The first-order valence-corrected chi connectivity index (χ1v) is 11.1. The fourth-order valence-corrected chi connectivity index (χ4v) is 3.11. The molecule has 1 aromatic carbocycles. The highest BCUT2D eigenvalue weighted by Crippen LogP contribution is 2.34. The van der Waals surface area contributed by atoms with Crippen molar-refractivity contribution in [1.82, 2.24) is 24.7 Å². The summed E-state index contributed by atoms with van der Waals surface area (Å²) in [5.41, 5.74) is -0.558. The molecule has 32 heavy (non-hydrogen) atoms. The van der Waals surface area contributed by atoms with E-state index in [0.717, 1.165) is 0 Å². The monoisotopic (exact) mass is 600 g/mol. The molecule has 0 radical (unpaired) electrons. The van der Waals surface area contributed by atoms with E-state index in [1.165, 1.54) is 29.0 Å². The van der Waals surface area contributed by atoms with E-state index < -0.39 is 85.0 Å². The Morgan fingerprint density at radius 1 is 1.06 bits per heavy atom. The molecule has 2 aromatic heterocycles. The van der Waals surface area contributed by atoms with Gasteiger partial charge in [0.1, 0.15) is 20.8 Å². The smallest absolute Gasteiger partial charge is 0.316 e. The fourth-order valence-electron chi connectivity index (χ4n) is 2.03.